The molecule has 3 saturated heterocycles. The van der Waals surface area contributed by atoms with E-state index in [0.29, 0.717) is 37.7 Å². The molecule has 1 spiro atoms. The molecule has 3 aliphatic rings. The maximum absolute atomic E-state index is 12.8. The predicted molar refractivity (Wildman–Crippen MR) is 116 cm³/mol. The molecule has 2 aromatic rings. The summed E-state index contributed by atoms with van der Waals surface area (Å²) < 4.78 is 47.0. The number of carbonyl (C=O) groups excluding carboxylic acids is 2. The first-order chi connectivity index (χ1) is 16.6. The summed E-state index contributed by atoms with van der Waals surface area (Å²) in [5, 5.41) is 0. The van der Waals surface area contributed by atoms with Gasteiger partial charge in [-0.2, -0.15) is 13.2 Å². The summed E-state index contributed by atoms with van der Waals surface area (Å²) in [5.41, 5.74) is 0.204. The van der Waals surface area contributed by atoms with Crippen molar-refractivity contribution in [2.24, 2.45) is 5.41 Å². The van der Waals surface area contributed by atoms with Gasteiger partial charge in [-0.3, -0.25) is 9.59 Å². The van der Waals surface area contributed by atoms with Crippen LogP contribution in [0.3, 0.4) is 0 Å². The summed E-state index contributed by atoms with van der Waals surface area (Å²) in [6.07, 6.45) is 0.388. The first-order valence-corrected chi connectivity index (χ1v) is 11.1. The Labute approximate surface area is 198 Å². The minimum absolute atomic E-state index is 0.165. The van der Waals surface area contributed by atoms with Crippen molar-refractivity contribution in [2.75, 3.05) is 49.6 Å². The highest BCUT2D eigenvalue weighted by Gasteiger charge is 2.54. The standard InChI is InChI=1S/C22H23F3N6O4/c1-29-7-5-21(19(29)33)11-30(12-21)20-27-8-14(9-28-20)31-6-4-16(18(31)32)35-15-2-3-17(26-10-15)34-13-22(23,24)25/h2-3,8-10,16H,4-7,11-13H2,1H3/t16-/m1/s1. The normalized spacial score (nSPS) is 21.6. The molecule has 0 unspecified atom stereocenters. The number of carbonyl (C=O) groups is 2. The lowest BCUT2D eigenvalue weighted by Gasteiger charge is -2.46. The minimum atomic E-state index is -4.46. The zero-order valence-electron chi connectivity index (χ0n) is 18.9. The fraction of sp³-hybridized carbons (Fsp3) is 0.500. The summed E-state index contributed by atoms with van der Waals surface area (Å²) in [6.45, 7) is 0.897. The van der Waals surface area contributed by atoms with Crippen molar-refractivity contribution in [3.63, 3.8) is 0 Å². The molecule has 0 aromatic carbocycles. The molecule has 0 radical (unpaired) electrons. The van der Waals surface area contributed by atoms with E-state index in [1.165, 1.54) is 23.2 Å². The number of rotatable bonds is 6. The largest absolute Gasteiger partial charge is 0.479 e. The Kier molecular flexibility index (Phi) is 5.64. The van der Waals surface area contributed by atoms with Gasteiger partial charge < -0.3 is 24.2 Å². The number of amides is 2. The van der Waals surface area contributed by atoms with E-state index in [9.17, 15) is 22.8 Å². The van der Waals surface area contributed by atoms with Crippen LogP contribution < -0.4 is 19.3 Å². The quantitative estimate of drug-likeness (QED) is 0.601. The number of nitrogens with zero attached hydrogens (tertiary/aromatic N) is 6. The first kappa shape index (κ1) is 23.1. The van der Waals surface area contributed by atoms with Gasteiger partial charge in [0.25, 0.3) is 5.91 Å². The topological polar surface area (TPSA) is 101 Å². The average Bonchev–Trinajstić information content (AvgIpc) is 3.31. The van der Waals surface area contributed by atoms with Gasteiger partial charge in [-0.1, -0.05) is 0 Å². The summed E-state index contributed by atoms with van der Waals surface area (Å²) in [6, 6.07) is 2.65. The summed E-state index contributed by atoms with van der Waals surface area (Å²) >= 11 is 0. The monoisotopic (exact) mass is 492 g/mol. The third kappa shape index (κ3) is 4.54. The number of hydrogen-bond donors (Lipinski definition) is 0. The molecule has 3 fully saturated rings. The van der Waals surface area contributed by atoms with Crippen LogP contribution >= 0.6 is 0 Å². The van der Waals surface area contributed by atoms with Crippen molar-refractivity contribution in [3.05, 3.63) is 30.7 Å². The van der Waals surface area contributed by atoms with E-state index in [4.69, 9.17) is 4.74 Å². The minimum Gasteiger partial charge on any atom is -0.479 e. The summed E-state index contributed by atoms with van der Waals surface area (Å²) in [7, 11) is 1.81. The second-order valence-electron chi connectivity index (χ2n) is 8.98. The van der Waals surface area contributed by atoms with Crippen LogP contribution in [0.1, 0.15) is 12.8 Å². The summed E-state index contributed by atoms with van der Waals surface area (Å²) in [4.78, 5) is 43.0. The van der Waals surface area contributed by atoms with Gasteiger partial charge in [0.05, 0.1) is 29.7 Å². The third-order valence-electron chi connectivity index (χ3n) is 6.46. The molecule has 2 aromatic heterocycles. The maximum atomic E-state index is 12.8. The molecule has 186 valence electrons. The Morgan fingerprint density at radius 3 is 2.43 bits per heavy atom. The number of anilines is 2. The van der Waals surface area contributed by atoms with E-state index in [-0.39, 0.29) is 28.9 Å². The molecule has 2 amide bonds. The van der Waals surface area contributed by atoms with Gasteiger partial charge in [0.15, 0.2) is 12.7 Å². The number of halogens is 3. The van der Waals surface area contributed by atoms with Crippen molar-refractivity contribution in [3.8, 4) is 11.6 Å². The van der Waals surface area contributed by atoms with Gasteiger partial charge in [0.2, 0.25) is 17.7 Å². The van der Waals surface area contributed by atoms with Crippen molar-refractivity contribution in [1.29, 1.82) is 0 Å². The second kappa shape index (κ2) is 8.54. The molecule has 35 heavy (non-hydrogen) atoms. The molecule has 5 heterocycles. The van der Waals surface area contributed by atoms with Gasteiger partial charge in [-0.15, -0.1) is 0 Å². The smallest absolute Gasteiger partial charge is 0.422 e. The van der Waals surface area contributed by atoms with Crippen LogP contribution in [-0.2, 0) is 9.59 Å². The first-order valence-electron chi connectivity index (χ1n) is 11.1. The van der Waals surface area contributed by atoms with Crippen LogP contribution in [0.5, 0.6) is 11.6 Å². The van der Waals surface area contributed by atoms with E-state index in [2.05, 4.69) is 19.7 Å². The maximum Gasteiger partial charge on any atom is 0.422 e. The SMILES string of the molecule is CN1CCC2(CN(c3ncc(N4CC[C@@H](Oc5ccc(OCC(F)(F)F)nc5)C4=O)cn3)C2)C1=O. The molecule has 1 atom stereocenters. The van der Waals surface area contributed by atoms with Gasteiger partial charge in [-0.05, 0) is 12.5 Å². The van der Waals surface area contributed by atoms with E-state index in [1.54, 1.807) is 17.3 Å². The molecule has 0 N–H and O–H groups in total. The van der Waals surface area contributed by atoms with E-state index in [0.717, 1.165) is 13.0 Å². The van der Waals surface area contributed by atoms with E-state index >= 15 is 0 Å². The van der Waals surface area contributed by atoms with Crippen molar-refractivity contribution < 1.29 is 32.2 Å². The fourth-order valence-electron chi connectivity index (χ4n) is 4.59. The van der Waals surface area contributed by atoms with Gasteiger partial charge >= 0.3 is 6.18 Å². The van der Waals surface area contributed by atoms with Crippen LogP contribution in [0.4, 0.5) is 24.8 Å². The Morgan fingerprint density at radius 2 is 1.83 bits per heavy atom. The summed E-state index contributed by atoms with van der Waals surface area (Å²) in [5.74, 6) is 0.456. The van der Waals surface area contributed by atoms with E-state index < -0.39 is 18.9 Å². The van der Waals surface area contributed by atoms with Gasteiger partial charge in [0, 0.05) is 45.7 Å². The molecule has 0 bridgehead atoms. The van der Waals surface area contributed by atoms with Crippen molar-refractivity contribution >= 4 is 23.5 Å². The molecule has 0 saturated carbocycles. The predicted octanol–water partition coefficient (Wildman–Crippen LogP) is 1.67. The molecule has 3 aliphatic heterocycles. The van der Waals surface area contributed by atoms with Crippen LogP contribution in [0.2, 0.25) is 0 Å². The Hall–Kier alpha value is -3.64. The number of hydrogen-bond acceptors (Lipinski definition) is 8. The number of ether oxygens (including phenoxy) is 2. The Balaban J connectivity index is 1.15. The Morgan fingerprint density at radius 1 is 1.09 bits per heavy atom. The second-order valence-corrected chi connectivity index (χ2v) is 8.98. The van der Waals surface area contributed by atoms with Crippen LogP contribution in [-0.4, -0.2) is 83.8 Å². The third-order valence-corrected chi connectivity index (χ3v) is 6.46. The molecular weight excluding hydrogens is 469 g/mol. The average molecular weight is 492 g/mol. The lowest BCUT2D eigenvalue weighted by atomic mass is 9.78. The zero-order valence-corrected chi connectivity index (χ0v) is 18.9. The number of likely N-dealkylation sites (tertiary alicyclic amines) is 1. The highest BCUT2D eigenvalue weighted by Crippen LogP contribution is 2.41. The number of aromatic nitrogens is 3. The van der Waals surface area contributed by atoms with E-state index in [1.807, 2.05) is 11.9 Å². The highest BCUT2D eigenvalue weighted by atomic mass is 19.4. The lowest BCUT2D eigenvalue weighted by molar-refractivity contribution is -0.154. The fourth-order valence-corrected chi connectivity index (χ4v) is 4.59. The number of pyridine rings is 1. The lowest BCUT2D eigenvalue weighted by Crippen LogP contribution is -2.60. The molecular formula is C22H23F3N6O4. The Bertz CT molecular complexity index is 1110. The van der Waals surface area contributed by atoms with Crippen LogP contribution in [0.25, 0.3) is 0 Å². The highest BCUT2D eigenvalue weighted by molar-refractivity contribution is 5.98. The van der Waals surface area contributed by atoms with Crippen LogP contribution in [0.15, 0.2) is 30.7 Å². The molecule has 5 rings (SSSR count). The molecule has 10 nitrogen and oxygen atoms in total. The van der Waals surface area contributed by atoms with Gasteiger partial charge in [-0.25, -0.2) is 15.0 Å². The number of alkyl halides is 3. The van der Waals surface area contributed by atoms with Crippen molar-refractivity contribution in [2.45, 2.75) is 25.1 Å². The van der Waals surface area contributed by atoms with Crippen molar-refractivity contribution in [1.82, 2.24) is 19.9 Å². The van der Waals surface area contributed by atoms with Gasteiger partial charge in [0.1, 0.15) is 5.75 Å². The molecule has 0 aliphatic carbocycles. The zero-order chi connectivity index (χ0) is 24.8. The molecule has 13 heteroatoms. The van der Waals surface area contributed by atoms with Crippen LogP contribution in [0, 0.1) is 5.41 Å².